The van der Waals surface area contributed by atoms with Gasteiger partial charge in [-0.25, -0.2) is 4.79 Å². The maximum atomic E-state index is 13.8. The van der Waals surface area contributed by atoms with Gasteiger partial charge < -0.3 is 9.64 Å². The summed E-state index contributed by atoms with van der Waals surface area (Å²) >= 11 is 0. The molecule has 0 N–H and O–H groups in total. The van der Waals surface area contributed by atoms with Gasteiger partial charge in [-0.1, -0.05) is 105 Å². The molecule has 3 aromatic rings. The van der Waals surface area contributed by atoms with Crippen molar-refractivity contribution in [2.24, 2.45) is 0 Å². The van der Waals surface area contributed by atoms with E-state index in [4.69, 9.17) is 4.74 Å². The zero-order valence-corrected chi connectivity index (χ0v) is 22.2. The Morgan fingerprint density at radius 3 is 2.26 bits per heavy atom. The smallest absolute Gasteiger partial charge is 0.332 e. The fourth-order valence-corrected chi connectivity index (χ4v) is 5.32. The number of benzene rings is 3. The van der Waals surface area contributed by atoms with Crippen LogP contribution in [0.4, 0.5) is 0 Å². The fourth-order valence-electron chi connectivity index (χ4n) is 5.32. The van der Waals surface area contributed by atoms with Crippen LogP contribution in [0.3, 0.4) is 0 Å². The van der Waals surface area contributed by atoms with Crippen molar-refractivity contribution < 1.29 is 14.3 Å². The summed E-state index contributed by atoms with van der Waals surface area (Å²) in [6.07, 6.45) is 6.18. The lowest BCUT2D eigenvalue weighted by molar-refractivity contribution is -0.169. The predicted octanol–water partition coefficient (Wildman–Crippen LogP) is 7.19. The van der Waals surface area contributed by atoms with Crippen molar-refractivity contribution in [3.8, 4) is 17.2 Å². The molecule has 1 fully saturated rings. The van der Waals surface area contributed by atoms with Crippen LogP contribution in [0.5, 0.6) is 0 Å². The van der Waals surface area contributed by atoms with E-state index in [1.165, 1.54) is 0 Å². The summed E-state index contributed by atoms with van der Waals surface area (Å²) in [7, 11) is 0. The summed E-state index contributed by atoms with van der Waals surface area (Å²) in [5.74, 6) is -0.296. The molecule has 3 aromatic carbocycles. The van der Waals surface area contributed by atoms with Gasteiger partial charge in [-0.2, -0.15) is 5.26 Å². The van der Waals surface area contributed by atoms with E-state index >= 15 is 0 Å². The van der Waals surface area contributed by atoms with E-state index in [1.807, 2.05) is 83.8 Å². The van der Waals surface area contributed by atoms with Gasteiger partial charge in [-0.15, -0.1) is 0 Å². The second-order valence-corrected chi connectivity index (χ2v) is 10.1. The highest BCUT2D eigenvalue weighted by molar-refractivity contribution is 5.88. The van der Waals surface area contributed by atoms with E-state index in [9.17, 15) is 14.9 Å². The summed E-state index contributed by atoms with van der Waals surface area (Å²) in [5, 5.41) is 9.49. The largest absolute Gasteiger partial charge is 0.459 e. The monoisotopic (exact) mass is 508 g/mol. The number of nitrogens with zero attached hydrogens (tertiary/aromatic N) is 2. The Balaban J connectivity index is 1.61. The molecule has 4 rings (SSSR count). The van der Waals surface area contributed by atoms with Crippen molar-refractivity contribution in [2.45, 2.75) is 77.0 Å². The predicted molar refractivity (Wildman–Crippen MR) is 149 cm³/mol. The van der Waals surface area contributed by atoms with Crippen molar-refractivity contribution in [3.05, 3.63) is 95.6 Å². The van der Waals surface area contributed by atoms with Crippen LogP contribution in [0.25, 0.3) is 11.1 Å². The topological polar surface area (TPSA) is 70.4 Å². The first-order valence-electron chi connectivity index (χ1n) is 13.7. The number of unbranched alkanes of at least 4 members (excludes halogenated alkanes) is 1. The van der Waals surface area contributed by atoms with Crippen LogP contribution < -0.4 is 0 Å². The molecule has 0 bridgehead atoms. The first kappa shape index (κ1) is 27.1. The van der Waals surface area contributed by atoms with Gasteiger partial charge in [0.25, 0.3) is 0 Å². The van der Waals surface area contributed by atoms with E-state index in [1.54, 1.807) is 0 Å². The van der Waals surface area contributed by atoms with Crippen LogP contribution in [-0.4, -0.2) is 22.3 Å². The highest BCUT2D eigenvalue weighted by atomic mass is 16.5. The van der Waals surface area contributed by atoms with Crippen molar-refractivity contribution in [1.29, 1.82) is 5.26 Å². The number of hydrogen-bond acceptors (Lipinski definition) is 4. The van der Waals surface area contributed by atoms with Crippen LogP contribution in [0.1, 0.15) is 75.0 Å². The van der Waals surface area contributed by atoms with Gasteiger partial charge in [0.2, 0.25) is 5.91 Å². The molecule has 0 heterocycles. The summed E-state index contributed by atoms with van der Waals surface area (Å²) in [4.78, 5) is 29.2. The molecule has 0 atom stereocenters. The third kappa shape index (κ3) is 6.31. The number of ether oxygens (including phenoxy) is 1. The molecule has 38 heavy (non-hydrogen) atoms. The minimum atomic E-state index is -0.954. The maximum Gasteiger partial charge on any atom is 0.332 e. The van der Waals surface area contributed by atoms with Gasteiger partial charge >= 0.3 is 5.97 Å². The lowest BCUT2D eigenvalue weighted by Crippen LogP contribution is -2.58. The molecule has 0 spiro atoms. The molecule has 1 aliphatic rings. The molecule has 0 unspecified atom stereocenters. The summed E-state index contributed by atoms with van der Waals surface area (Å²) in [5.41, 5.74) is 3.39. The van der Waals surface area contributed by atoms with Crippen LogP contribution in [0.15, 0.2) is 78.9 Å². The highest BCUT2D eigenvalue weighted by Gasteiger charge is 2.48. The van der Waals surface area contributed by atoms with Crippen LogP contribution in [0.2, 0.25) is 0 Å². The number of rotatable bonds is 10. The number of amides is 1. The average Bonchev–Trinajstić information content (AvgIpc) is 2.98. The van der Waals surface area contributed by atoms with Crippen molar-refractivity contribution in [1.82, 2.24) is 4.90 Å². The van der Waals surface area contributed by atoms with E-state index in [2.05, 4.69) is 13.0 Å². The second kappa shape index (κ2) is 13.1. The third-order valence-corrected chi connectivity index (χ3v) is 7.49. The Morgan fingerprint density at radius 2 is 1.58 bits per heavy atom. The summed E-state index contributed by atoms with van der Waals surface area (Å²) in [6.45, 7) is 2.62. The van der Waals surface area contributed by atoms with Crippen molar-refractivity contribution in [2.75, 3.05) is 0 Å². The van der Waals surface area contributed by atoms with Crippen LogP contribution in [-0.2, 0) is 27.5 Å². The van der Waals surface area contributed by atoms with Crippen molar-refractivity contribution >= 4 is 11.9 Å². The second-order valence-electron chi connectivity index (χ2n) is 10.1. The van der Waals surface area contributed by atoms with Gasteiger partial charge in [0.05, 0.1) is 11.6 Å². The van der Waals surface area contributed by atoms with Crippen molar-refractivity contribution in [3.63, 3.8) is 0 Å². The summed E-state index contributed by atoms with van der Waals surface area (Å²) < 4.78 is 5.88. The molecule has 1 aliphatic carbocycles. The number of nitriles is 1. The Labute approximate surface area is 226 Å². The number of carbonyl (C=O) groups is 2. The van der Waals surface area contributed by atoms with Gasteiger partial charge in [0.1, 0.15) is 12.1 Å². The Morgan fingerprint density at radius 1 is 0.895 bits per heavy atom. The van der Waals surface area contributed by atoms with Gasteiger partial charge in [-0.3, -0.25) is 4.79 Å². The van der Waals surface area contributed by atoms with Gasteiger partial charge in [-0.05, 0) is 47.6 Å². The molecular formula is C33H36N2O3. The first-order valence-corrected chi connectivity index (χ1v) is 13.7. The highest BCUT2D eigenvalue weighted by Crippen LogP contribution is 2.37. The van der Waals surface area contributed by atoms with Gasteiger partial charge in [0.15, 0.2) is 0 Å². The number of hydrogen-bond donors (Lipinski definition) is 0. The fraction of sp³-hybridized carbons (Fsp3) is 0.364. The van der Waals surface area contributed by atoms with E-state index in [0.29, 0.717) is 31.4 Å². The first-order chi connectivity index (χ1) is 18.6. The van der Waals surface area contributed by atoms with Gasteiger partial charge in [0, 0.05) is 13.0 Å². The standard InChI is InChI=1S/C33H36N2O3/c1-2-3-16-31(36)35(24-26-17-19-28(20-18-26)30-15-9-8-14-29(30)23-34)33(21-10-5-11-22-33)32(37)38-25-27-12-6-4-7-13-27/h4,6-9,12-15,17-20H,2-3,5,10-11,16,21-22,24-25H2,1H3. The zero-order valence-electron chi connectivity index (χ0n) is 22.2. The Kier molecular flexibility index (Phi) is 9.32. The maximum absolute atomic E-state index is 13.8. The Hall–Kier alpha value is -3.91. The van der Waals surface area contributed by atoms with E-state index in [0.717, 1.165) is 54.4 Å². The van der Waals surface area contributed by atoms with Crippen LogP contribution >= 0.6 is 0 Å². The molecule has 1 saturated carbocycles. The lowest BCUT2D eigenvalue weighted by atomic mass is 9.79. The third-order valence-electron chi connectivity index (χ3n) is 7.49. The molecule has 0 radical (unpaired) electrons. The Bertz CT molecular complexity index is 1260. The molecule has 0 saturated heterocycles. The minimum Gasteiger partial charge on any atom is -0.459 e. The molecule has 196 valence electrons. The quantitative estimate of drug-likeness (QED) is 0.272. The molecule has 5 nitrogen and oxygen atoms in total. The SMILES string of the molecule is CCCCC(=O)N(Cc1ccc(-c2ccccc2C#N)cc1)C1(C(=O)OCc2ccccc2)CCCCC1. The average molecular weight is 509 g/mol. The minimum absolute atomic E-state index is 0.00399. The molecule has 0 aliphatic heterocycles. The molecule has 0 aromatic heterocycles. The number of carbonyl (C=O) groups excluding carboxylic acids is 2. The molecular weight excluding hydrogens is 472 g/mol. The zero-order chi connectivity index (χ0) is 26.8. The lowest BCUT2D eigenvalue weighted by Gasteiger charge is -2.44. The van der Waals surface area contributed by atoms with E-state index < -0.39 is 5.54 Å². The summed E-state index contributed by atoms with van der Waals surface area (Å²) in [6, 6.07) is 27.4. The number of esters is 1. The molecule has 1 amide bonds. The van der Waals surface area contributed by atoms with E-state index in [-0.39, 0.29) is 18.5 Å². The molecule has 5 heteroatoms. The normalized spacial score (nSPS) is 14.3. The van der Waals surface area contributed by atoms with Crippen LogP contribution in [0, 0.1) is 11.3 Å².